The van der Waals surface area contributed by atoms with Crippen LogP contribution in [0.5, 0.6) is 11.5 Å². The Balaban J connectivity index is 2.96. The average Bonchev–Trinajstić information content (AvgIpc) is 2.33. The molecule has 2 amide bonds. The van der Waals surface area contributed by atoms with Gasteiger partial charge in [0.2, 0.25) is 11.8 Å². The van der Waals surface area contributed by atoms with Gasteiger partial charge in [-0.15, -0.1) is 0 Å². The van der Waals surface area contributed by atoms with E-state index < -0.39 is 11.8 Å². The molecule has 0 aliphatic heterocycles. The third-order valence-corrected chi connectivity index (χ3v) is 3.16. The number of aromatic hydroxyl groups is 1. The Bertz CT molecular complexity index is 520. The minimum absolute atomic E-state index is 0.00282. The Labute approximate surface area is 131 Å². The molecule has 0 aliphatic carbocycles. The lowest BCUT2D eigenvalue weighted by atomic mass is 10.2. The normalized spacial score (nSPS) is 10.6. The Kier molecular flexibility index (Phi) is 6.44. The number of primary amides is 2. The lowest BCUT2D eigenvalue weighted by molar-refractivity contribution is -0.122. The van der Waals surface area contributed by atoms with Crippen molar-refractivity contribution in [3.05, 3.63) is 22.2 Å². The molecule has 21 heavy (non-hydrogen) atoms. The number of nitrogens with zero attached hydrogens (tertiary/aromatic N) is 1. The summed E-state index contributed by atoms with van der Waals surface area (Å²) in [5, 5.41) is 9.84. The van der Waals surface area contributed by atoms with Crippen molar-refractivity contribution in [1.29, 1.82) is 0 Å². The van der Waals surface area contributed by atoms with Crippen LogP contribution in [0, 0.1) is 0 Å². The number of phenols is 1. The number of carbonyl (C=O) groups is 2. The van der Waals surface area contributed by atoms with E-state index in [1.165, 1.54) is 4.90 Å². The molecule has 0 bridgehead atoms. The molecule has 0 fully saturated rings. The van der Waals surface area contributed by atoms with Crippen LogP contribution in [0.25, 0.3) is 0 Å². The van der Waals surface area contributed by atoms with E-state index in [1.807, 2.05) is 0 Å². The van der Waals surface area contributed by atoms with Crippen LogP contribution in [0.3, 0.4) is 0 Å². The second-order valence-electron chi connectivity index (χ2n) is 4.44. The smallest absolute Gasteiger partial charge is 0.231 e. The summed E-state index contributed by atoms with van der Waals surface area (Å²) in [7, 11) is 0. The monoisotopic (exact) mass is 359 g/mol. The van der Waals surface area contributed by atoms with Gasteiger partial charge in [0, 0.05) is 6.54 Å². The summed E-state index contributed by atoms with van der Waals surface area (Å²) >= 11 is 3.23. The Morgan fingerprint density at radius 1 is 1.29 bits per heavy atom. The molecule has 8 heteroatoms. The summed E-state index contributed by atoms with van der Waals surface area (Å²) in [5.74, 6) is -0.796. The molecule has 0 heterocycles. The highest BCUT2D eigenvalue weighted by Crippen LogP contribution is 2.35. The predicted molar refractivity (Wildman–Crippen MR) is 80.6 cm³/mol. The van der Waals surface area contributed by atoms with Crippen molar-refractivity contribution >= 4 is 27.7 Å². The zero-order chi connectivity index (χ0) is 16.0. The number of halogens is 1. The van der Waals surface area contributed by atoms with Gasteiger partial charge in [-0.25, -0.2) is 0 Å². The fraction of sp³-hybridized carbons (Fsp3) is 0.385. The molecule has 0 radical (unpaired) electrons. The first-order chi connectivity index (χ1) is 9.83. The summed E-state index contributed by atoms with van der Waals surface area (Å²) in [4.78, 5) is 23.6. The molecular weight excluding hydrogens is 342 g/mol. The third-order valence-electron chi connectivity index (χ3n) is 2.55. The van der Waals surface area contributed by atoms with Crippen molar-refractivity contribution in [3.63, 3.8) is 0 Å². The van der Waals surface area contributed by atoms with Gasteiger partial charge in [-0.2, -0.15) is 0 Å². The van der Waals surface area contributed by atoms with E-state index in [4.69, 9.17) is 16.2 Å². The van der Waals surface area contributed by atoms with Crippen LogP contribution >= 0.6 is 15.9 Å². The molecular formula is C13H18BrN3O4. The number of ether oxygens (including phenoxy) is 1. The molecule has 0 atom stereocenters. The van der Waals surface area contributed by atoms with Crippen molar-refractivity contribution in [1.82, 2.24) is 4.90 Å². The largest absolute Gasteiger partial charge is 0.503 e. The van der Waals surface area contributed by atoms with Crippen LogP contribution in [0.2, 0.25) is 0 Å². The van der Waals surface area contributed by atoms with E-state index in [2.05, 4.69) is 15.9 Å². The van der Waals surface area contributed by atoms with Gasteiger partial charge in [0.15, 0.2) is 11.5 Å². The first-order valence-electron chi connectivity index (χ1n) is 6.26. The van der Waals surface area contributed by atoms with Crippen LogP contribution in [0.15, 0.2) is 16.6 Å². The van der Waals surface area contributed by atoms with Gasteiger partial charge in [0.05, 0.1) is 24.2 Å². The zero-order valence-corrected chi connectivity index (χ0v) is 13.2. The van der Waals surface area contributed by atoms with Crippen molar-refractivity contribution in [2.75, 3.05) is 19.7 Å². The molecule has 0 spiro atoms. The van der Waals surface area contributed by atoms with Gasteiger partial charge >= 0.3 is 0 Å². The highest BCUT2D eigenvalue weighted by molar-refractivity contribution is 9.10. The first-order valence-corrected chi connectivity index (χ1v) is 7.06. The van der Waals surface area contributed by atoms with E-state index in [9.17, 15) is 14.7 Å². The van der Waals surface area contributed by atoms with Crippen LogP contribution in [0.4, 0.5) is 0 Å². The maximum Gasteiger partial charge on any atom is 0.231 e. The molecule has 7 nitrogen and oxygen atoms in total. The Hall–Kier alpha value is -1.80. The van der Waals surface area contributed by atoms with E-state index in [0.29, 0.717) is 16.8 Å². The minimum atomic E-state index is -0.556. The second kappa shape index (κ2) is 7.84. The van der Waals surface area contributed by atoms with Crippen molar-refractivity contribution in [3.8, 4) is 11.5 Å². The number of hydrogen-bond donors (Lipinski definition) is 3. The van der Waals surface area contributed by atoms with E-state index in [1.54, 1.807) is 19.1 Å². The number of phenolic OH excluding ortho intramolecular Hbond substituents is 1. The molecule has 0 aromatic heterocycles. The standard InChI is InChI=1S/C13H18BrN3O4/c1-2-21-10-4-8(3-9(14)13(10)20)5-17(6-11(15)18)7-12(16)19/h3-4,20H,2,5-7H2,1H3,(H2,15,18)(H2,16,19). The molecule has 1 aromatic carbocycles. The number of benzene rings is 1. The average molecular weight is 360 g/mol. The van der Waals surface area contributed by atoms with Gasteiger partial charge in [-0.05, 0) is 40.5 Å². The number of rotatable bonds is 8. The fourth-order valence-corrected chi connectivity index (χ4v) is 2.34. The highest BCUT2D eigenvalue weighted by Gasteiger charge is 2.15. The molecule has 5 N–H and O–H groups in total. The molecule has 0 saturated heterocycles. The summed E-state index contributed by atoms with van der Waals surface area (Å²) in [6.07, 6.45) is 0. The first kappa shape index (κ1) is 17.3. The summed E-state index contributed by atoms with van der Waals surface area (Å²) in [5.41, 5.74) is 11.0. The van der Waals surface area contributed by atoms with Crippen molar-refractivity contribution in [2.45, 2.75) is 13.5 Å². The van der Waals surface area contributed by atoms with Crippen LogP contribution < -0.4 is 16.2 Å². The van der Waals surface area contributed by atoms with Crippen LogP contribution in [0.1, 0.15) is 12.5 Å². The molecule has 1 rings (SSSR count). The van der Waals surface area contributed by atoms with Gasteiger partial charge < -0.3 is 21.3 Å². The highest BCUT2D eigenvalue weighted by atomic mass is 79.9. The van der Waals surface area contributed by atoms with Crippen molar-refractivity contribution < 1.29 is 19.4 Å². The quantitative estimate of drug-likeness (QED) is 0.617. The van der Waals surface area contributed by atoms with Gasteiger partial charge in [-0.1, -0.05) is 0 Å². The van der Waals surface area contributed by atoms with E-state index in [-0.39, 0.29) is 25.4 Å². The summed E-state index contributed by atoms with van der Waals surface area (Å²) in [6.45, 7) is 2.28. The maximum atomic E-state index is 11.0. The lowest BCUT2D eigenvalue weighted by Crippen LogP contribution is -2.39. The summed E-state index contributed by atoms with van der Waals surface area (Å²) in [6, 6.07) is 3.31. The van der Waals surface area contributed by atoms with E-state index in [0.717, 1.165) is 5.56 Å². The number of carbonyl (C=O) groups excluding carboxylic acids is 2. The molecule has 116 valence electrons. The SMILES string of the molecule is CCOc1cc(CN(CC(N)=O)CC(N)=O)cc(Br)c1O. The number of hydrogen-bond acceptors (Lipinski definition) is 5. The molecule has 0 aliphatic rings. The van der Waals surface area contributed by atoms with Gasteiger partial charge in [0.25, 0.3) is 0 Å². The Morgan fingerprint density at radius 2 is 1.86 bits per heavy atom. The predicted octanol–water partition coefficient (Wildman–Crippen LogP) is 0.326. The maximum absolute atomic E-state index is 11.0. The van der Waals surface area contributed by atoms with Gasteiger partial charge in [-0.3, -0.25) is 14.5 Å². The van der Waals surface area contributed by atoms with Crippen molar-refractivity contribution in [2.24, 2.45) is 11.5 Å². The summed E-state index contributed by atoms with van der Waals surface area (Å²) < 4.78 is 5.78. The zero-order valence-electron chi connectivity index (χ0n) is 11.6. The fourth-order valence-electron chi connectivity index (χ4n) is 1.85. The minimum Gasteiger partial charge on any atom is -0.503 e. The van der Waals surface area contributed by atoms with Crippen LogP contribution in [-0.2, 0) is 16.1 Å². The lowest BCUT2D eigenvalue weighted by Gasteiger charge is -2.20. The second-order valence-corrected chi connectivity index (χ2v) is 5.29. The number of nitrogens with two attached hydrogens (primary N) is 2. The van der Waals surface area contributed by atoms with E-state index >= 15 is 0 Å². The Morgan fingerprint density at radius 3 is 2.33 bits per heavy atom. The number of amides is 2. The molecule has 1 aromatic rings. The van der Waals surface area contributed by atoms with Crippen LogP contribution in [-0.4, -0.2) is 41.5 Å². The van der Waals surface area contributed by atoms with Gasteiger partial charge in [0.1, 0.15) is 0 Å². The topological polar surface area (TPSA) is 119 Å². The molecule has 0 saturated carbocycles. The molecule has 0 unspecified atom stereocenters. The third kappa shape index (κ3) is 5.60.